The average molecular weight is 277 g/mol. The maximum absolute atomic E-state index is 10.7. The zero-order chi connectivity index (χ0) is 14.7. The van der Waals surface area contributed by atoms with Crippen LogP contribution in [0.25, 0.3) is 10.8 Å². The lowest BCUT2D eigenvalue weighted by atomic mass is 10.1. The van der Waals surface area contributed by atoms with E-state index in [9.17, 15) is 10.1 Å². The minimum Gasteiger partial charge on any atom is -0.258 e. The van der Waals surface area contributed by atoms with Gasteiger partial charge in [-0.25, -0.2) is 0 Å². The molecule has 21 heavy (non-hydrogen) atoms. The summed E-state index contributed by atoms with van der Waals surface area (Å²) in [5.74, 6) is 0. The highest BCUT2D eigenvalue weighted by molar-refractivity contribution is 5.92. The quantitative estimate of drug-likeness (QED) is 0.377. The standard InChI is InChI=1S/C16H11N3O2/c20-19(21)14-8-4-7-13(11-14)17-18-16-10-3-6-12-5-1-2-9-15(12)16/h1-11H. The predicted molar refractivity (Wildman–Crippen MR) is 81.2 cm³/mol. The van der Waals surface area contributed by atoms with Gasteiger partial charge in [-0.2, -0.15) is 5.11 Å². The van der Waals surface area contributed by atoms with E-state index in [1.165, 1.54) is 12.1 Å². The molecule has 3 aromatic carbocycles. The summed E-state index contributed by atoms with van der Waals surface area (Å²) in [5, 5.41) is 21.1. The van der Waals surface area contributed by atoms with Crippen LogP contribution in [0.3, 0.4) is 0 Å². The summed E-state index contributed by atoms with van der Waals surface area (Å²) in [4.78, 5) is 10.3. The molecule has 3 rings (SSSR count). The van der Waals surface area contributed by atoms with Crippen LogP contribution < -0.4 is 0 Å². The van der Waals surface area contributed by atoms with Gasteiger partial charge in [-0.3, -0.25) is 10.1 Å². The highest BCUT2D eigenvalue weighted by atomic mass is 16.6. The first kappa shape index (κ1) is 12.9. The Balaban J connectivity index is 1.98. The van der Waals surface area contributed by atoms with Crippen LogP contribution in [-0.4, -0.2) is 4.92 Å². The van der Waals surface area contributed by atoms with E-state index in [0.717, 1.165) is 16.5 Å². The van der Waals surface area contributed by atoms with Crippen molar-refractivity contribution in [1.82, 2.24) is 0 Å². The molecule has 5 nitrogen and oxygen atoms in total. The number of fused-ring (bicyclic) bond motifs is 1. The van der Waals surface area contributed by atoms with Gasteiger partial charge in [0.2, 0.25) is 0 Å². The van der Waals surface area contributed by atoms with E-state index >= 15 is 0 Å². The molecule has 0 fully saturated rings. The van der Waals surface area contributed by atoms with E-state index in [-0.39, 0.29) is 5.69 Å². The van der Waals surface area contributed by atoms with Crippen LogP contribution >= 0.6 is 0 Å². The summed E-state index contributed by atoms with van der Waals surface area (Å²) in [5.41, 5.74) is 1.20. The lowest BCUT2D eigenvalue weighted by Gasteiger charge is -2.00. The summed E-state index contributed by atoms with van der Waals surface area (Å²) in [6.45, 7) is 0. The van der Waals surface area contributed by atoms with Crippen molar-refractivity contribution in [2.45, 2.75) is 0 Å². The van der Waals surface area contributed by atoms with E-state index in [4.69, 9.17) is 0 Å². The van der Waals surface area contributed by atoms with Gasteiger partial charge in [-0.15, -0.1) is 5.11 Å². The smallest absolute Gasteiger partial charge is 0.258 e. The van der Waals surface area contributed by atoms with E-state index < -0.39 is 4.92 Å². The highest BCUT2D eigenvalue weighted by Crippen LogP contribution is 2.28. The molecule has 0 aliphatic rings. The van der Waals surface area contributed by atoms with Gasteiger partial charge < -0.3 is 0 Å². The molecule has 0 amide bonds. The Hall–Kier alpha value is -3.08. The van der Waals surface area contributed by atoms with Gasteiger partial charge >= 0.3 is 0 Å². The lowest BCUT2D eigenvalue weighted by Crippen LogP contribution is -1.85. The Morgan fingerprint density at radius 1 is 0.857 bits per heavy atom. The fraction of sp³-hybridized carbons (Fsp3) is 0. The first-order valence-corrected chi connectivity index (χ1v) is 6.38. The molecule has 0 N–H and O–H groups in total. The third-order valence-electron chi connectivity index (χ3n) is 3.08. The number of rotatable bonds is 3. The Bertz CT molecular complexity index is 838. The Morgan fingerprint density at radius 2 is 1.62 bits per heavy atom. The topological polar surface area (TPSA) is 67.9 Å². The number of non-ortho nitro benzene ring substituents is 1. The summed E-state index contributed by atoms with van der Waals surface area (Å²) >= 11 is 0. The van der Waals surface area contributed by atoms with Gasteiger partial charge in [-0.1, -0.05) is 42.5 Å². The third kappa shape index (κ3) is 2.76. The molecule has 0 saturated heterocycles. The molecule has 0 spiro atoms. The number of nitrogens with zero attached hydrogens (tertiary/aromatic N) is 3. The van der Waals surface area contributed by atoms with Crippen molar-refractivity contribution >= 4 is 27.8 Å². The van der Waals surface area contributed by atoms with Crippen molar-refractivity contribution in [3.05, 3.63) is 76.8 Å². The van der Waals surface area contributed by atoms with E-state index in [1.54, 1.807) is 12.1 Å². The number of nitro groups is 1. The fourth-order valence-corrected chi connectivity index (χ4v) is 2.08. The molecule has 0 saturated carbocycles. The maximum atomic E-state index is 10.7. The van der Waals surface area contributed by atoms with Crippen molar-refractivity contribution in [1.29, 1.82) is 0 Å². The molecule has 0 radical (unpaired) electrons. The van der Waals surface area contributed by atoms with Gasteiger partial charge in [0.1, 0.15) is 0 Å². The lowest BCUT2D eigenvalue weighted by molar-refractivity contribution is -0.384. The second-order valence-electron chi connectivity index (χ2n) is 4.48. The second-order valence-corrected chi connectivity index (χ2v) is 4.48. The van der Waals surface area contributed by atoms with Crippen LogP contribution in [0.15, 0.2) is 77.0 Å². The minimum atomic E-state index is -0.447. The van der Waals surface area contributed by atoms with Crippen LogP contribution in [-0.2, 0) is 0 Å². The Morgan fingerprint density at radius 3 is 2.48 bits per heavy atom. The van der Waals surface area contributed by atoms with Crippen LogP contribution in [0.5, 0.6) is 0 Å². The molecular weight excluding hydrogens is 266 g/mol. The largest absolute Gasteiger partial charge is 0.271 e. The summed E-state index contributed by atoms with van der Waals surface area (Å²) in [7, 11) is 0. The van der Waals surface area contributed by atoms with Gasteiger partial charge in [0, 0.05) is 17.5 Å². The molecule has 0 bridgehead atoms. The number of nitro benzene ring substituents is 1. The molecule has 0 aliphatic carbocycles. The second kappa shape index (κ2) is 5.50. The average Bonchev–Trinajstić information content (AvgIpc) is 2.53. The molecule has 102 valence electrons. The van der Waals surface area contributed by atoms with Gasteiger partial charge in [0.25, 0.3) is 5.69 Å². The van der Waals surface area contributed by atoms with Gasteiger partial charge in [0.15, 0.2) is 0 Å². The first-order chi connectivity index (χ1) is 10.2. The molecule has 0 heterocycles. The minimum absolute atomic E-state index is 0.00405. The summed E-state index contributed by atoms with van der Waals surface area (Å²) in [6.07, 6.45) is 0. The highest BCUT2D eigenvalue weighted by Gasteiger charge is 2.05. The van der Waals surface area contributed by atoms with Crippen molar-refractivity contribution in [2.75, 3.05) is 0 Å². The van der Waals surface area contributed by atoms with E-state index in [2.05, 4.69) is 10.2 Å². The Kier molecular flexibility index (Phi) is 3.39. The third-order valence-corrected chi connectivity index (χ3v) is 3.08. The van der Waals surface area contributed by atoms with Crippen molar-refractivity contribution < 1.29 is 4.92 Å². The van der Waals surface area contributed by atoms with Crippen LogP contribution in [0.1, 0.15) is 0 Å². The number of hydrogen-bond donors (Lipinski definition) is 0. The van der Waals surface area contributed by atoms with E-state index in [0.29, 0.717) is 5.69 Å². The molecule has 3 aromatic rings. The number of hydrogen-bond acceptors (Lipinski definition) is 4. The summed E-state index contributed by atoms with van der Waals surface area (Å²) < 4.78 is 0. The van der Waals surface area contributed by atoms with Crippen molar-refractivity contribution in [3.8, 4) is 0 Å². The molecular formula is C16H11N3O2. The zero-order valence-corrected chi connectivity index (χ0v) is 11.0. The Labute approximate surface area is 120 Å². The number of azo groups is 1. The van der Waals surface area contributed by atoms with E-state index in [1.807, 2.05) is 42.5 Å². The van der Waals surface area contributed by atoms with Gasteiger partial charge in [-0.05, 0) is 17.5 Å². The van der Waals surface area contributed by atoms with Gasteiger partial charge in [0.05, 0.1) is 16.3 Å². The number of benzene rings is 3. The molecule has 0 atom stereocenters. The fourth-order valence-electron chi connectivity index (χ4n) is 2.08. The molecule has 5 heteroatoms. The predicted octanol–water partition coefficient (Wildman–Crippen LogP) is 5.16. The summed E-state index contributed by atoms with van der Waals surface area (Å²) in [6, 6.07) is 19.7. The molecule has 0 aromatic heterocycles. The molecule has 0 aliphatic heterocycles. The monoisotopic (exact) mass is 277 g/mol. The van der Waals surface area contributed by atoms with Crippen molar-refractivity contribution in [3.63, 3.8) is 0 Å². The maximum Gasteiger partial charge on any atom is 0.271 e. The van der Waals surface area contributed by atoms with Crippen LogP contribution in [0.2, 0.25) is 0 Å². The van der Waals surface area contributed by atoms with Crippen molar-refractivity contribution in [2.24, 2.45) is 10.2 Å². The first-order valence-electron chi connectivity index (χ1n) is 6.38. The normalized spacial score (nSPS) is 11.0. The SMILES string of the molecule is O=[N+]([O-])c1cccc(N=Nc2cccc3ccccc23)c1. The zero-order valence-electron chi connectivity index (χ0n) is 11.0. The van der Waals surface area contributed by atoms with Crippen LogP contribution in [0, 0.1) is 10.1 Å². The molecule has 0 unspecified atom stereocenters. The van der Waals surface area contributed by atoms with Crippen LogP contribution in [0.4, 0.5) is 17.1 Å².